The number of halogens is 1. The van der Waals surface area contributed by atoms with Crippen molar-refractivity contribution in [2.45, 2.75) is 33.2 Å². The minimum Gasteiger partial charge on any atom is -0.478 e. The van der Waals surface area contributed by atoms with Gasteiger partial charge in [-0.3, -0.25) is 9.48 Å². The molecule has 128 valence electrons. The highest BCUT2D eigenvalue weighted by atomic mass is 79.9. The Morgan fingerprint density at radius 1 is 1.29 bits per heavy atom. The van der Waals surface area contributed by atoms with E-state index < -0.39 is 5.97 Å². The third kappa shape index (κ3) is 4.03. The number of aryl methyl sites for hydroxylation is 2. The van der Waals surface area contributed by atoms with Crippen LogP contribution in [0.3, 0.4) is 0 Å². The van der Waals surface area contributed by atoms with Crippen molar-refractivity contribution in [3.8, 4) is 0 Å². The fraction of sp³-hybridized carbons (Fsp3) is 0.353. The summed E-state index contributed by atoms with van der Waals surface area (Å²) in [7, 11) is 1.89. The zero-order valence-corrected chi connectivity index (χ0v) is 15.6. The van der Waals surface area contributed by atoms with Crippen LogP contribution in [0.2, 0.25) is 0 Å². The number of nitrogens with zero attached hydrogens (tertiary/aromatic N) is 2. The third-order valence-corrected chi connectivity index (χ3v) is 4.41. The largest absolute Gasteiger partial charge is 0.478 e. The predicted molar refractivity (Wildman–Crippen MR) is 94.4 cm³/mol. The highest BCUT2D eigenvalue weighted by molar-refractivity contribution is 9.10. The van der Waals surface area contributed by atoms with Crippen LogP contribution < -0.4 is 5.32 Å². The number of aromatic nitrogens is 2. The molecule has 1 amide bonds. The van der Waals surface area contributed by atoms with E-state index in [1.54, 1.807) is 6.07 Å². The number of nitrogens with one attached hydrogen (secondary N) is 1. The molecular formula is C17H20BrN3O3. The topological polar surface area (TPSA) is 84.2 Å². The average molecular weight is 394 g/mol. The van der Waals surface area contributed by atoms with Crippen LogP contribution in [0.4, 0.5) is 0 Å². The van der Waals surface area contributed by atoms with Crippen molar-refractivity contribution in [1.82, 2.24) is 15.1 Å². The number of hydrogen-bond donors (Lipinski definition) is 2. The van der Waals surface area contributed by atoms with Crippen LogP contribution >= 0.6 is 15.9 Å². The number of carbonyl (C=O) groups excluding carboxylic acids is 1. The first kappa shape index (κ1) is 18.2. The molecule has 0 bridgehead atoms. The number of hydrogen-bond acceptors (Lipinski definition) is 3. The highest BCUT2D eigenvalue weighted by Crippen LogP contribution is 2.17. The van der Waals surface area contributed by atoms with Crippen molar-refractivity contribution >= 4 is 27.8 Å². The molecule has 2 aromatic rings. The van der Waals surface area contributed by atoms with Gasteiger partial charge in [-0.2, -0.15) is 5.10 Å². The smallest absolute Gasteiger partial charge is 0.335 e. The van der Waals surface area contributed by atoms with Gasteiger partial charge in [-0.25, -0.2) is 4.79 Å². The maximum Gasteiger partial charge on any atom is 0.335 e. The van der Waals surface area contributed by atoms with Crippen LogP contribution in [0.25, 0.3) is 0 Å². The Kier molecular flexibility index (Phi) is 5.43. The molecule has 1 aromatic heterocycles. The summed E-state index contributed by atoms with van der Waals surface area (Å²) in [5, 5.41) is 16.4. The van der Waals surface area contributed by atoms with Gasteiger partial charge in [-0.05, 0) is 51.0 Å². The lowest BCUT2D eigenvalue weighted by Crippen LogP contribution is -2.34. The van der Waals surface area contributed by atoms with Gasteiger partial charge in [0, 0.05) is 28.8 Å². The van der Waals surface area contributed by atoms with Gasteiger partial charge in [0.15, 0.2) is 0 Å². The van der Waals surface area contributed by atoms with Crippen molar-refractivity contribution in [2.24, 2.45) is 7.05 Å². The molecule has 1 unspecified atom stereocenters. The van der Waals surface area contributed by atoms with Gasteiger partial charge in [-0.1, -0.05) is 15.9 Å². The lowest BCUT2D eigenvalue weighted by molar-refractivity contribution is 0.0697. The average Bonchev–Trinajstić information content (AvgIpc) is 2.73. The molecule has 0 fully saturated rings. The van der Waals surface area contributed by atoms with Gasteiger partial charge >= 0.3 is 5.97 Å². The van der Waals surface area contributed by atoms with Crippen LogP contribution in [0, 0.1) is 13.8 Å². The van der Waals surface area contributed by atoms with Gasteiger partial charge in [0.1, 0.15) is 0 Å². The second-order valence-electron chi connectivity index (χ2n) is 5.89. The van der Waals surface area contributed by atoms with Gasteiger partial charge in [0.25, 0.3) is 5.91 Å². The Bertz CT molecular complexity index is 799. The Labute approximate surface area is 149 Å². The molecule has 0 radical (unpaired) electrons. The van der Waals surface area contributed by atoms with E-state index in [1.165, 1.54) is 12.1 Å². The summed E-state index contributed by atoms with van der Waals surface area (Å²) in [4.78, 5) is 23.5. The van der Waals surface area contributed by atoms with Crippen LogP contribution in [0.15, 0.2) is 22.7 Å². The minimum absolute atomic E-state index is 0.0705. The molecule has 6 nitrogen and oxygen atoms in total. The van der Waals surface area contributed by atoms with Crippen LogP contribution in [0.1, 0.15) is 44.6 Å². The Balaban J connectivity index is 2.13. The van der Waals surface area contributed by atoms with Gasteiger partial charge in [0.05, 0.1) is 11.3 Å². The molecule has 0 saturated heterocycles. The zero-order valence-electron chi connectivity index (χ0n) is 14.1. The van der Waals surface area contributed by atoms with E-state index in [0.717, 1.165) is 17.0 Å². The van der Waals surface area contributed by atoms with Crippen molar-refractivity contribution in [3.05, 3.63) is 50.8 Å². The van der Waals surface area contributed by atoms with Gasteiger partial charge in [0.2, 0.25) is 0 Å². The second kappa shape index (κ2) is 7.17. The Morgan fingerprint density at radius 3 is 2.46 bits per heavy atom. The van der Waals surface area contributed by atoms with Crippen molar-refractivity contribution in [3.63, 3.8) is 0 Å². The molecule has 2 N–H and O–H groups in total. The molecule has 0 saturated carbocycles. The van der Waals surface area contributed by atoms with Gasteiger partial charge < -0.3 is 10.4 Å². The summed E-state index contributed by atoms with van der Waals surface area (Å²) in [6.45, 7) is 5.86. The van der Waals surface area contributed by atoms with E-state index in [1.807, 2.05) is 32.5 Å². The van der Waals surface area contributed by atoms with E-state index >= 15 is 0 Å². The number of amides is 1. The van der Waals surface area contributed by atoms with Crippen LogP contribution in [0.5, 0.6) is 0 Å². The first-order valence-corrected chi connectivity index (χ1v) is 8.32. The molecule has 0 aliphatic heterocycles. The summed E-state index contributed by atoms with van der Waals surface area (Å²) in [5.41, 5.74) is 3.52. The molecule has 0 aliphatic rings. The van der Waals surface area contributed by atoms with Gasteiger partial charge in [-0.15, -0.1) is 0 Å². The normalized spacial score (nSPS) is 12.0. The zero-order chi connectivity index (χ0) is 18.0. The van der Waals surface area contributed by atoms with E-state index in [2.05, 4.69) is 26.3 Å². The number of carboxylic acid groups (broad SMARTS) is 1. The number of carboxylic acids is 1. The molecule has 0 aliphatic carbocycles. The predicted octanol–water partition coefficient (Wildman–Crippen LogP) is 2.86. The monoisotopic (exact) mass is 393 g/mol. The second-order valence-corrected chi connectivity index (χ2v) is 6.80. The quantitative estimate of drug-likeness (QED) is 0.817. The molecular weight excluding hydrogens is 374 g/mol. The fourth-order valence-corrected chi connectivity index (χ4v) is 3.11. The van der Waals surface area contributed by atoms with Crippen LogP contribution in [-0.4, -0.2) is 32.8 Å². The first-order chi connectivity index (χ1) is 11.2. The third-order valence-electron chi connectivity index (χ3n) is 3.95. The highest BCUT2D eigenvalue weighted by Gasteiger charge is 2.17. The molecule has 0 spiro atoms. The lowest BCUT2D eigenvalue weighted by atomic mass is 10.0. The van der Waals surface area contributed by atoms with Crippen LogP contribution in [-0.2, 0) is 13.5 Å². The molecule has 24 heavy (non-hydrogen) atoms. The number of carbonyl (C=O) groups is 2. The summed E-state index contributed by atoms with van der Waals surface area (Å²) in [6.07, 6.45) is 0.664. The van der Waals surface area contributed by atoms with Crippen molar-refractivity contribution < 1.29 is 14.7 Å². The van der Waals surface area contributed by atoms with E-state index in [0.29, 0.717) is 16.5 Å². The maximum absolute atomic E-state index is 12.4. The van der Waals surface area contributed by atoms with E-state index in [9.17, 15) is 9.59 Å². The number of benzene rings is 1. The number of rotatable bonds is 5. The maximum atomic E-state index is 12.4. The molecule has 7 heteroatoms. The Hall–Kier alpha value is -2.15. The Morgan fingerprint density at radius 2 is 1.92 bits per heavy atom. The lowest BCUT2D eigenvalue weighted by Gasteiger charge is -2.15. The van der Waals surface area contributed by atoms with Crippen molar-refractivity contribution in [1.29, 1.82) is 0 Å². The molecule has 1 aromatic carbocycles. The minimum atomic E-state index is -1.07. The fourth-order valence-electron chi connectivity index (χ4n) is 2.62. The SMILES string of the molecule is Cc1nn(C)c(C)c1CC(C)NC(=O)c1cc(Br)cc(C(=O)O)c1. The summed E-state index contributed by atoms with van der Waals surface area (Å²) >= 11 is 3.24. The van der Waals surface area contributed by atoms with E-state index in [4.69, 9.17) is 5.11 Å². The van der Waals surface area contributed by atoms with Crippen molar-refractivity contribution in [2.75, 3.05) is 0 Å². The van der Waals surface area contributed by atoms with E-state index in [-0.39, 0.29) is 17.5 Å². The standard InChI is InChI=1S/C17H20BrN3O3/c1-9(5-15-10(2)20-21(4)11(15)3)19-16(22)12-6-13(17(23)24)8-14(18)7-12/h6-9H,5H2,1-4H3,(H,19,22)(H,23,24). The number of aromatic carboxylic acids is 1. The molecule has 1 atom stereocenters. The molecule has 1 heterocycles. The summed E-state index contributed by atoms with van der Waals surface area (Å²) in [6, 6.07) is 4.33. The summed E-state index contributed by atoms with van der Waals surface area (Å²) in [5.74, 6) is -1.37. The summed E-state index contributed by atoms with van der Waals surface area (Å²) < 4.78 is 2.38. The first-order valence-electron chi connectivity index (χ1n) is 7.53. The molecule has 2 rings (SSSR count).